The van der Waals surface area contributed by atoms with Gasteiger partial charge in [0.05, 0.1) is 11.7 Å². The number of pyridine rings is 1. The summed E-state index contributed by atoms with van der Waals surface area (Å²) >= 11 is 6.35. The van der Waals surface area contributed by atoms with Crippen molar-refractivity contribution in [3.8, 4) is 0 Å². The number of carbonyl (C=O) groups is 3. The van der Waals surface area contributed by atoms with Crippen LogP contribution in [-0.2, 0) is 22.4 Å². The van der Waals surface area contributed by atoms with Gasteiger partial charge in [0.15, 0.2) is 5.81 Å². The molecule has 5 rings (SSSR count). The fourth-order valence-corrected chi connectivity index (χ4v) is 6.46. The second kappa shape index (κ2) is 12.1. The highest BCUT2D eigenvalue weighted by atomic mass is 35.5. The molecule has 0 bridgehead atoms. The fourth-order valence-electron chi connectivity index (χ4n) is 6.26. The fraction of sp³-hybridized carbons (Fsp3) is 0.517. The van der Waals surface area contributed by atoms with E-state index in [0.29, 0.717) is 32.6 Å². The normalized spacial score (nSPS) is 20.9. The highest BCUT2D eigenvalue weighted by Crippen LogP contribution is 2.37. The Kier molecular flexibility index (Phi) is 8.57. The maximum atomic E-state index is 13.2. The molecule has 1 unspecified atom stereocenters. The molecule has 0 saturated carbocycles. The van der Waals surface area contributed by atoms with Gasteiger partial charge in [-0.2, -0.15) is 0 Å². The number of aromatic nitrogens is 1. The summed E-state index contributed by atoms with van der Waals surface area (Å²) in [6, 6.07) is 9.80. The molecule has 8 nitrogen and oxygen atoms in total. The minimum absolute atomic E-state index is 0.0570. The molecule has 2 atom stereocenters. The number of rotatable bonds is 5. The Morgan fingerprint density at radius 2 is 1.74 bits per heavy atom. The largest absolute Gasteiger partial charge is 0.355 e. The number of nitrogens with zero attached hydrogens (tertiary/aromatic N) is 4. The average Bonchev–Trinajstić information content (AvgIpc) is 3.09. The van der Waals surface area contributed by atoms with E-state index < -0.39 is 11.8 Å². The molecule has 10 heteroatoms. The predicted octanol–water partition coefficient (Wildman–Crippen LogP) is 2.96. The molecule has 1 aromatic heterocycles. The van der Waals surface area contributed by atoms with Crippen LogP contribution >= 0.6 is 11.6 Å². The van der Waals surface area contributed by atoms with E-state index in [1.54, 1.807) is 11.8 Å². The number of benzene rings is 1. The maximum Gasteiger partial charge on any atom is 0.244 e. The van der Waals surface area contributed by atoms with E-state index in [1.807, 2.05) is 23.2 Å². The molecule has 3 amide bonds. The van der Waals surface area contributed by atoms with Crippen molar-refractivity contribution >= 4 is 37.1 Å². The molecule has 39 heavy (non-hydrogen) atoms. The van der Waals surface area contributed by atoms with Gasteiger partial charge in [-0.3, -0.25) is 24.3 Å². The first kappa shape index (κ1) is 27.7. The number of likely N-dealkylation sites (tertiary alicyclic amines) is 1. The number of fused-ring (bicyclic) bond motifs is 2. The minimum Gasteiger partial charge on any atom is -0.355 e. The molecule has 2 aromatic rings. The Morgan fingerprint density at radius 1 is 1.03 bits per heavy atom. The summed E-state index contributed by atoms with van der Waals surface area (Å²) in [7, 11) is 5.14. The summed E-state index contributed by atoms with van der Waals surface area (Å²) in [5, 5.41) is 3.20. The van der Waals surface area contributed by atoms with Crippen molar-refractivity contribution in [2.24, 2.45) is 5.92 Å². The first-order valence-corrected chi connectivity index (χ1v) is 14.3. The molecule has 2 radical (unpaired) electrons. The van der Waals surface area contributed by atoms with Crippen LogP contribution in [0.4, 0.5) is 4.79 Å². The lowest BCUT2D eigenvalue weighted by Crippen LogP contribution is -2.51. The van der Waals surface area contributed by atoms with Crippen molar-refractivity contribution in [2.75, 3.05) is 39.3 Å². The van der Waals surface area contributed by atoms with Gasteiger partial charge >= 0.3 is 0 Å². The zero-order chi connectivity index (χ0) is 27.5. The molecule has 0 spiro atoms. The van der Waals surface area contributed by atoms with Gasteiger partial charge in [-0.15, -0.1) is 0 Å². The second-order valence-electron chi connectivity index (χ2n) is 10.9. The molecular weight excluding hydrogens is 513 g/mol. The number of carbonyl (C=O) groups excluding carboxylic acids is 3. The number of hydrogen-bond acceptors (Lipinski definition) is 5. The molecule has 1 N–H and O–H groups in total. The van der Waals surface area contributed by atoms with Gasteiger partial charge in [0.25, 0.3) is 0 Å². The third-order valence-electron chi connectivity index (χ3n) is 8.40. The van der Waals surface area contributed by atoms with E-state index in [4.69, 9.17) is 24.4 Å². The number of piperidine rings is 1. The van der Waals surface area contributed by atoms with Crippen LogP contribution in [0.5, 0.6) is 0 Å². The molecule has 2 aliphatic heterocycles. The van der Waals surface area contributed by atoms with Crippen molar-refractivity contribution in [1.29, 1.82) is 0 Å². The minimum atomic E-state index is -0.704. The smallest absolute Gasteiger partial charge is 0.244 e. The lowest BCUT2D eigenvalue weighted by atomic mass is 9.92. The number of aryl methyl sites for hydroxylation is 2. The Hall–Kier alpha value is -2.91. The number of nitrogens with one attached hydrogen (secondary N) is 1. The van der Waals surface area contributed by atoms with Crippen LogP contribution in [0.2, 0.25) is 5.02 Å². The van der Waals surface area contributed by atoms with Gasteiger partial charge in [-0.1, -0.05) is 23.7 Å². The van der Waals surface area contributed by atoms with Crippen LogP contribution in [0.15, 0.2) is 36.5 Å². The summed E-state index contributed by atoms with van der Waals surface area (Å²) in [5.41, 5.74) is 4.92. The van der Waals surface area contributed by atoms with E-state index >= 15 is 0 Å². The number of halogens is 1. The van der Waals surface area contributed by atoms with E-state index in [0.717, 1.165) is 49.5 Å². The summed E-state index contributed by atoms with van der Waals surface area (Å²) in [6.07, 6.45) is 5.83. The zero-order valence-corrected chi connectivity index (χ0v) is 23.2. The van der Waals surface area contributed by atoms with Crippen molar-refractivity contribution in [3.63, 3.8) is 0 Å². The number of piperazine rings is 1. The lowest BCUT2D eigenvalue weighted by Gasteiger charge is -2.40. The van der Waals surface area contributed by atoms with E-state index in [-0.39, 0.29) is 23.8 Å². The molecule has 2 fully saturated rings. The molecule has 1 aromatic carbocycles. The Morgan fingerprint density at radius 3 is 2.46 bits per heavy atom. The monoisotopic (exact) mass is 547 g/mol. The molecule has 2 saturated heterocycles. The summed E-state index contributed by atoms with van der Waals surface area (Å²) < 4.78 is 0. The Labute approximate surface area is 236 Å². The summed E-state index contributed by atoms with van der Waals surface area (Å²) in [5.74, 6) is -0.388. The first-order valence-electron chi connectivity index (χ1n) is 13.9. The van der Waals surface area contributed by atoms with Gasteiger partial charge < -0.3 is 15.1 Å². The van der Waals surface area contributed by atoms with Crippen LogP contribution in [0, 0.1) is 5.92 Å². The maximum absolute atomic E-state index is 13.2. The van der Waals surface area contributed by atoms with Crippen molar-refractivity contribution in [2.45, 2.75) is 51.1 Å². The molecular formula is C29H35BClN5O3. The standard InChI is InChI=1S/C29H35BClN5O3/c1-19(33-29(30)39)28(38)36-11-8-20(9-12-36)17-25(37)34-13-15-35(16-14-34)27-24-7-6-23(31)18-22(24)5-4-21-3-2-10-32-26(21)27/h2-3,6-7,10,18-20,27H,4-5,8-9,11-17H2,1H3,(H,33,39)/t19-,27?/m0/s1. The summed E-state index contributed by atoms with van der Waals surface area (Å²) in [4.78, 5) is 47.8. The predicted molar refractivity (Wildman–Crippen MR) is 151 cm³/mol. The third-order valence-corrected chi connectivity index (χ3v) is 8.63. The van der Waals surface area contributed by atoms with Crippen molar-refractivity contribution < 1.29 is 14.4 Å². The average molecular weight is 548 g/mol. The van der Waals surface area contributed by atoms with Crippen molar-refractivity contribution in [3.05, 3.63) is 63.9 Å². The quantitative estimate of drug-likeness (QED) is 0.582. The third kappa shape index (κ3) is 6.30. The SMILES string of the molecule is [B]C(=O)N[C@@H](C)C(=O)N1CCC(CC(=O)N2CCN(C3c4ccc(Cl)cc4CCc4cccnc43)CC2)CC1. The number of hydrogen-bond donors (Lipinski definition) is 1. The first-order chi connectivity index (χ1) is 18.8. The van der Waals surface area contributed by atoms with E-state index in [2.05, 4.69) is 28.4 Å². The van der Waals surface area contributed by atoms with Gasteiger partial charge in [-0.25, -0.2) is 0 Å². The second-order valence-corrected chi connectivity index (χ2v) is 11.3. The topological polar surface area (TPSA) is 85.8 Å². The molecule has 1 aliphatic carbocycles. The van der Waals surface area contributed by atoms with Gasteiger partial charge in [0.2, 0.25) is 19.7 Å². The lowest BCUT2D eigenvalue weighted by molar-refractivity contribution is -0.136. The molecule has 204 valence electrons. The number of amides is 3. The van der Waals surface area contributed by atoms with Gasteiger partial charge in [-0.05, 0) is 73.4 Å². The highest BCUT2D eigenvalue weighted by molar-refractivity contribution is 6.57. The van der Waals surface area contributed by atoms with Crippen molar-refractivity contribution in [1.82, 2.24) is 25.0 Å². The van der Waals surface area contributed by atoms with Crippen LogP contribution in [-0.4, -0.2) is 90.5 Å². The van der Waals surface area contributed by atoms with Crippen LogP contribution in [0.3, 0.4) is 0 Å². The van der Waals surface area contributed by atoms with Gasteiger partial charge in [0.1, 0.15) is 6.04 Å². The van der Waals surface area contributed by atoms with Crippen LogP contribution in [0.25, 0.3) is 0 Å². The van der Waals surface area contributed by atoms with Crippen LogP contribution in [0.1, 0.15) is 54.6 Å². The molecule has 3 aliphatic rings. The Bertz CT molecular complexity index is 1230. The molecule has 3 heterocycles. The van der Waals surface area contributed by atoms with E-state index in [9.17, 15) is 14.4 Å². The zero-order valence-electron chi connectivity index (χ0n) is 22.4. The van der Waals surface area contributed by atoms with Crippen LogP contribution < -0.4 is 5.32 Å². The summed E-state index contributed by atoms with van der Waals surface area (Å²) in [6.45, 7) is 5.76. The Balaban J connectivity index is 1.17. The highest BCUT2D eigenvalue weighted by Gasteiger charge is 2.34. The van der Waals surface area contributed by atoms with Gasteiger partial charge in [0, 0.05) is 56.9 Å². The van der Waals surface area contributed by atoms with E-state index in [1.165, 1.54) is 16.7 Å².